The molecule has 2 aliphatic rings. The Morgan fingerprint density at radius 2 is 2.03 bits per heavy atom. The van der Waals surface area contributed by atoms with Crippen LogP contribution in [0.2, 0.25) is 0 Å². The Labute approximate surface area is 174 Å². The molecule has 0 bridgehead atoms. The van der Waals surface area contributed by atoms with Crippen molar-refractivity contribution in [3.8, 4) is 0 Å². The van der Waals surface area contributed by atoms with Gasteiger partial charge in [0, 0.05) is 29.6 Å². The number of benzene rings is 1. The van der Waals surface area contributed by atoms with Crippen molar-refractivity contribution < 1.29 is 0 Å². The van der Waals surface area contributed by atoms with Crippen molar-refractivity contribution in [2.75, 3.05) is 0 Å². The topological polar surface area (TPSA) is 51.3 Å². The van der Waals surface area contributed by atoms with Gasteiger partial charge in [-0.05, 0) is 59.6 Å². The number of aryl methyl sites for hydroxylation is 1. The predicted octanol–water partition coefficient (Wildman–Crippen LogP) is 5.46. The molecule has 1 heterocycles. The number of aromatic nitrogens is 1. The second-order valence-electron chi connectivity index (χ2n) is 9.24. The molecule has 0 saturated heterocycles. The average molecular weight is 386 g/mol. The quantitative estimate of drug-likeness (QED) is 0.422. The number of nitrogens with two attached hydrogens (primary N) is 1. The van der Waals surface area contributed by atoms with Crippen LogP contribution in [0.25, 0.3) is 0 Å². The maximum absolute atomic E-state index is 5.91. The zero-order chi connectivity index (χ0) is 20.8. The second-order valence-corrected chi connectivity index (χ2v) is 9.24. The summed E-state index contributed by atoms with van der Waals surface area (Å²) in [6.45, 7) is 12.8. The Bertz CT molecular complexity index is 1000. The molecule has 0 aliphatic heterocycles. The molecule has 1 fully saturated rings. The van der Waals surface area contributed by atoms with E-state index in [-0.39, 0.29) is 10.8 Å². The predicted molar refractivity (Wildman–Crippen MR) is 122 cm³/mol. The van der Waals surface area contributed by atoms with E-state index in [1.807, 2.05) is 6.20 Å². The second kappa shape index (κ2) is 6.98. The lowest BCUT2D eigenvalue weighted by atomic mass is 9.71. The van der Waals surface area contributed by atoms with Gasteiger partial charge in [-0.1, -0.05) is 57.7 Å². The molecule has 150 valence electrons. The van der Waals surface area contributed by atoms with E-state index < -0.39 is 0 Å². The third kappa shape index (κ3) is 3.43. The van der Waals surface area contributed by atoms with Crippen molar-refractivity contribution in [3.05, 3.63) is 88.9 Å². The summed E-state index contributed by atoms with van der Waals surface area (Å²) < 4.78 is 0. The van der Waals surface area contributed by atoms with E-state index in [0.717, 1.165) is 18.4 Å². The number of pyridine rings is 1. The molecular formula is C26H31N3. The molecule has 2 aromatic rings. The lowest BCUT2D eigenvalue weighted by molar-refractivity contribution is 0.627. The van der Waals surface area contributed by atoms with Gasteiger partial charge < -0.3 is 5.73 Å². The maximum atomic E-state index is 5.91. The van der Waals surface area contributed by atoms with Crippen molar-refractivity contribution in [1.29, 1.82) is 0 Å². The standard InChI is InChI=1S/C26H31N3/c1-6-28-24(27)14-19-7-8-23(29-16-19)26(11-12-26)21-15-22-20(13-18(21)3)17(2)9-10-25(22,4)5/h6-10,13,15-17H,1,11-12,14H2,2-5H3,(H2,27,28). The smallest absolute Gasteiger partial charge is 0.103 e. The van der Waals surface area contributed by atoms with Crippen LogP contribution < -0.4 is 5.73 Å². The normalized spacial score (nSPS) is 21.5. The summed E-state index contributed by atoms with van der Waals surface area (Å²) in [4.78, 5) is 8.90. The van der Waals surface area contributed by atoms with E-state index in [0.29, 0.717) is 18.2 Å². The zero-order valence-electron chi connectivity index (χ0n) is 18.0. The van der Waals surface area contributed by atoms with Gasteiger partial charge in [0.25, 0.3) is 0 Å². The monoisotopic (exact) mass is 385 g/mol. The van der Waals surface area contributed by atoms with Crippen LogP contribution in [0.15, 0.2) is 60.4 Å². The molecule has 1 saturated carbocycles. The Morgan fingerprint density at radius 3 is 2.66 bits per heavy atom. The maximum Gasteiger partial charge on any atom is 0.103 e. The number of amidine groups is 1. The number of fused-ring (bicyclic) bond motifs is 1. The lowest BCUT2D eigenvalue weighted by Gasteiger charge is -2.33. The van der Waals surface area contributed by atoms with Crippen LogP contribution in [-0.2, 0) is 17.3 Å². The van der Waals surface area contributed by atoms with Crippen LogP contribution in [0, 0.1) is 6.92 Å². The Hall–Kier alpha value is -2.68. The number of hydrogen-bond acceptors (Lipinski definition) is 2. The van der Waals surface area contributed by atoms with Crippen molar-refractivity contribution in [1.82, 2.24) is 4.98 Å². The van der Waals surface area contributed by atoms with Gasteiger partial charge in [-0.3, -0.25) is 4.98 Å². The van der Waals surface area contributed by atoms with E-state index in [9.17, 15) is 0 Å². The fourth-order valence-electron chi connectivity index (χ4n) is 4.73. The van der Waals surface area contributed by atoms with Gasteiger partial charge in [0.1, 0.15) is 5.84 Å². The van der Waals surface area contributed by atoms with E-state index in [4.69, 9.17) is 10.7 Å². The zero-order valence-corrected chi connectivity index (χ0v) is 18.0. The fraction of sp³-hybridized carbons (Fsp3) is 0.385. The molecule has 1 atom stereocenters. The van der Waals surface area contributed by atoms with Crippen molar-refractivity contribution >= 4 is 5.84 Å². The van der Waals surface area contributed by atoms with Gasteiger partial charge in [-0.15, -0.1) is 0 Å². The van der Waals surface area contributed by atoms with Crippen LogP contribution in [0.5, 0.6) is 0 Å². The van der Waals surface area contributed by atoms with Gasteiger partial charge in [0.15, 0.2) is 0 Å². The number of hydrogen-bond donors (Lipinski definition) is 1. The molecule has 1 aromatic heterocycles. The number of rotatable bonds is 5. The van der Waals surface area contributed by atoms with Crippen molar-refractivity contribution in [2.24, 2.45) is 10.7 Å². The largest absolute Gasteiger partial charge is 0.387 e. The molecule has 0 radical (unpaired) electrons. The Morgan fingerprint density at radius 1 is 1.28 bits per heavy atom. The summed E-state index contributed by atoms with van der Waals surface area (Å²) in [6.07, 6.45) is 11.0. The highest BCUT2D eigenvalue weighted by Crippen LogP contribution is 2.55. The first-order valence-corrected chi connectivity index (χ1v) is 10.5. The lowest BCUT2D eigenvalue weighted by Crippen LogP contribution is -2.23. The SMILES string of the molecule is C=CN=C(N)Cc1ccc(C2(c3cc4c(cc3C)C(C)C=CC4(C)C)CC2)nc1. The third-order valence-electron chi connectivity index (χ3n) is 6.61. The van der Waals surface area contributed by atoms with Crippen LogP contribution >= 0.6 is 0 Å². The molecule has 1 unspecified atom stereocenters. The van der Waals surface area contributed by atoms with E-state index in [1.165, 1.54) is 34.1 Å². The molecule has 1 aromatic carbocycles. The van der Waals surface area contributed by atoms with Gasteiger partial charge in [-0.25, -0.2) is 4.99 Å². The van der Waals surface area contributed by atoms with Gasteiger partial charge in [-0.2, -0.15) is 0 Å². The molecular weight excluding hydrogens is 354 g/mol. The van der Waals surface area contributed by atoms with Crippen LogP contribution in [0.1, 0.15) is 73.0 Å². The summed E-state index contributed by atoms with van der Waals surface area (Å²) >= 11 is 0. The molecule has 0 spiro atoms. The van der Waals surface area contributed by atoms with Crippen molar-refractivity contribution in [3.63, 3.8) is 0 Å². The first kappa shape index (κ1) is 19.6. The third-order valence-corrected chi connectivity index (χ3v) is 6.61. The number of nitrogens with zero attached hydrogens (tertiary/aromatic N) is 2. The van der Waals surface area contributed by atoms with Crippen LogP contribution in [-0.4, -0.2) is 10.8 Å². The van der Waals surface area contributed by atoms with Crippen LogP contribution in [0.4, 0.5) is 0 Å². The van der Waals surface area contributed by atoms with E-state index >= 15 is 0 Å². The highest BCUT2D eigenvalue weighted by atomic mass is 14.8. The van der Waals surface area contributed by atoms with E-state index in [1.54, 1.807) is 0 Å². The van der Waals surface area contributed by atoms with Crippen molar-refractivity contribution in [2.45, 2.75) is 63.7 Å². The molecule has 3 nitrogen and oxygen atoms in total. The number of allylic oxidation sites excluding steroid dienone is 2. The first-order valence-electron chi connectivity index (χ1n) is 10.5. The molecule has 2 aliphatic carbocycles. The summed E-state index contributed by atoms with van der Waals surface area (Å²) in [5.74, 6) is 1.03. The summed E-state index contributed by atoms with van der Waals surface area (Å²) in [7, 11) is 0. The van der Waals surface area contributed by atoms with Gasteiger partial charge in [0.2, 0.25) is 0 Å². The molecule has 0 amide bonds. The molecule has 29 heavy (non-hydrogen) atoms. The minimum Gasteiger partial charge on any atom is -0.387 e. The molecule has 2 N–H and O–H groups in total. The average Bonchev–Trinajstić information content (AvgIpc) is 3.47. The van der Waals surface area contributed by atoms with Crippen LogP contribution in [0.3, 0.4) is 0 Å². The minimum atomic E-state index is 0.0544. The Kier molecular flexibility index (Phi) is 4.72. The van der Waals surface area contributed by atoms with E-state index in [2.05, 4.69) is 75.7 Å². The molecule has 3 heteroatoms. The number of aliphatic imine (C=N–C) groups is 1. The summed E-state index contributed by atoms with van der Waals surface area (Å²) in [5, 5.41) is 0. The highest BCUT2D eigenvalue weighted by Gasteiger charge is 2.48. The van der Waals surface area contributed by atoms with Gasteiger partial charge in [0.05, 0.1) is 5.69 Å². The fourth-order valence-corrected chi connectivity index (χ4v) is 4.73. The highest BCUT2D eigenvalue weighted by molar-refractivity contribution is 5.83. The minimum absolute atomic E-state index is 0.0544. The Balaban J connectivity index is 1.71. The summed E-state index contributed by atoms with van der Waals surface area (Å²) in [6, 6.07) is 9.20. The molecule has 4 rings (SSSR count). The first-order chi connectivity index (χ1) is 13.8. The summed E-state index contributed by atoms with van der Waals surface area (Å²) in [5.41, 5.74) is 14.0. The van der Waals surface area contributed by atoms with Gasteiger partial charge >= 0.3 is 0 Å².